The molecule has 0 spiro atoms. The van der Waals surface area contributed by atoms with Crippen molar-refractivity contribution in [2.75, 3.05) is 6.54 Å². The number of hydrogen-bond donors (Lipinski definition) is 1. The summed E-state index contributed by atoms with van der Waals surface area (Å²) in [7, 11) is 0. The molecule has 2 aromatic rings. The van der Waals surface area contributed by atoms with E-state index in [4.69, 9.17) is 5.73 Å². The standard InChI is InChI=1S/C15H15F2NS/c1-10-4-2-3-5-12(10)15(9-18)19-14-7-6-11(16)8-13(14)17/h2-8,15H,9,18H2,1H3. The van der Waals surface area contributed by atoms with Crippen LogP contribution in [0.2, 0.25) is 0 Å². The van der Waals surface area contributed by atoms with Gasteiger partial charge in [0.1, 0.15) is 11.6 Å². The van der Waals surface area contributed by atoms with E-state index in [2.05, 4.69) is 0 Å². The fraction of sp³-hybridized carbons (Fsp3) is 0.200. The van der Waals surface area contributed by atoms with E-state index in [-0.39, 0.29) is 5.25 Å². The summed E-state index contributed by atoms with van der Waals surface area (Å²) in [5.41, 5.74) is 7.98. The summed E-state index contributed by atoms with van der Waals surface area (Å²) in [6.07, 6.45) is 0. The van der Waals surface area contributed by atoms with Crippen LogP contribution in [-0.2, 0) is 0 Å². The van der Waals surface area contributed by atoms with E-state index in [0.29, 0.717) is 11.4 Å². The van der Waals surface area contributed by atoms with E-state index in [1.807, 2.05) is 31.2 Å². The number of aryl methyl sites for hydroxylation is 1. The van der Waals surface area contributed by atoms with Crippen LogP contribution in [-0.4, -0.2) is 6.54 Å². The minimum atomic E-state index is -0.568. The average Bonchev–Trinajstić information content (AvgIpc) is 2.39. The van der Waals surface area contributed by atoms with Crippen LogP contribution in [0.1, 0.15) is 16.4 Å². The van der Waals surface area contributed by atoms with Gasteiger partial charge in [0.25, 0.3) is 0 Å². The molecule has 2 rings (SSSR count). The highest BCUT2D eigenvalue weighted by molar-refractivity contribution is 7.99. The van der Waals surface area contributed by atoms with Gasteiger partial charge in [-0.15, -0.1) is 11.8 Å². The van der Waals surface area contributed by atoms with Gasteiger partial charge >= 0.3 is 0 Å². The molecule has 0 aliphatic rings. The largest absolute Gasteiger partial charge is 0.329 e. The van der Waals surface area contributed by atoms with Crippen LogP contribution < -0.4 is 5.73 Å². The first-order valence-corrected chi connectivity index (χ1v) is 6.87. The quantitative estimate of drug-likeness (QED) is 0.854. The Morgan fingerprint density at radius 1 is 1.16 bits per heavy atom. The van der Waals surface area contributed by atoms with Gasteiger partial charge in [0.15, 0.2) is 0 Å². The molecule has 1 nitrogen and oxygen atoms in total. The van der Waals surface area contributed by atoms with Crippen LogP contribution >= 0.6 is 11.8 Å². The molecule has 0 fully saturated rings. The molecule has 0 saturated carbocycles. The fourth-order valence-electron chi connectivity index (χ4n) is 1.91. The van der Waals surface area contributed by atoms with Crippen molar-refractivity contribution in [1.29, 1.82) is 0 Å². The number of hydrogen-bond acceptors (Lipinski definition) is 2. The van der Waals surface area contributed by atoms with E-state index in [1.165, 1.54) is 23.9 Å². The van der Waals surface area contributed by atoms with E-state index in [0.717, 1.165) is 17.2 Å². The molecule has 4 heteroatoms. The van der Waals surface area contributed by atoms with Gasteiger partial charge in [-0.05, 0) is 30.2 Å². The molecule has 0 heterocycles. The van der Waals surface area contributed by atoms with Gasteiger partial charge in [0.05, 0.1) is 0 Å². The molecular weight excluding hydrogens is 264 g/mol. The van der Waals surface area contributed by atoms with Crippen LogP contribution in [0.5, 0.6) is 0 Å². The summed E-state index contributed by atoms with van der Waals surface area (Å²) in [6.45, 7) is 2.39. The van der Waals surface area contributed by atoms with Crippen LogP contribution in [0.4, 0.5) is 8.78 Å². The number of halogens is 2. The predicted molar refractivity (Wildman–Crippen MR) is 75.2 cm³/mol. The summed E-state index contributed by atoms with van der Waals surface area (Å²) in [5, 5.41) is -0.0406. The van der Waals surface area contributed by atoms with Crippen LogP contribution in [0.25, 0.3) is 0 Å². The van der Waals surface area contributed by atoms with Crippen molar-refractivity contribution in [3.05, 3.63) is 65.2 Å². The van der Waals surface area contributed by atoms with Crippen molar-refractivity contribution >= 4 is 11.8 Å². The Morgan fingerprint density at radius 3 is 2.53 bits per heavy atom. The van der Waals surface area contributed by atoms with E-state index >= 15 is 0 Å². The Bertz CT molecular complexity index is 572. The van der Waals surface area contributed by atoms with E-state index in [1.54, 1.807) is 0 Å². The molecule has 19 heavy (non-hydrogen) atoms. The molecular formula is C15H15F2NS. The monoisotopic (exact) mass is 279 g/mol. The summed E-state index contributed by atoms with van der Waals surface area (Å²) in [5.74, 6) is -1.11. The maximum Gasteiger partial charge on any atom is 0.139 e. The summed E-state index contributed by atoms with van der Waals surface area (Å²) >= 11 is 1.32. The first-order valence-electron chi connectivity index (χ1n) is 5.99. The maximum absolute atomic E-state index is 13.7. The summed E-state index contributed by atoms with van der Waals surface area (Å²) in [4.78, 5) is 0.417. The number of rotatable bonds is 4. The van der Waals surface area contributed by atoms with Gasteiger partial charge in [0, 0.05) is 22.8 Å². The van der Waals surface area contributed by atoms with Gasteiger partial charge in [-0.3, -0.25) is 0 Å². The highest BCUT2D eigenvalue weighted by Gasteiger charge is 2.15. The molecule has 0 aliphatic carbocycles. The van der Waals surface area contributed by atoms with Gasteiger partial charge in [-0.25, -0.2) is 8.78 Å². The lowest BCUT2D eigenvalue weighted by molar-refractivity contribution is 0.565. The van der Waals surface area contributed by atoms with Gasteiger partial charge in [0.2, 0.25) is 0 Å². The first-order chi connectivity index (χ1) is 9.11. The third-order valence-electron chi connectivity index (χ3n) is 2.91. The molecule has 0 aromatic heterocycles. The van der Waals surface area contributed by atoms with Crippen molar-refractivity contribution in [2.24, 2.45) is 5.73 Å². The molecule has 2 N–H and O–H groups in total. The van der Waals surface area contributed by atoms with Crippen LogP contribution in [0.3, 0.4) is 0 Å². The van der Waals surface area contributed by atoms with Crippen molar-refractivity contribution in [1.82, 2.24) is 0 Å². The smallest absolute Gasteiger partial charge is 0.139 e. The Hall–Kier alpha value is -1.39. The molecule has 2 aromatic carbocycles. The third kappa shape index (κ3) is 3.33. The zero-order chi connectivity index (χ0) is 13.8. The molecule has 0 amide bonds. The Labute approximate surface area is 115 Å². The number of nitrogens with two attached hydrogens (primary N) is 1. The molecule has 100 valence electrons. The molecule has 0 saturated heterocycles. The van der Waals surface area contributed by atoms with E-state index in [9.17, 15) is 8.78 Å². The average molecular weight is 279 g/mol. The lowest BCUT2D eigenvalue weighted by Crippen LogP contribution is -2.10. The topological polar surface area (TPSA) is 26.0 Å². The van der Waals surface area contributed by atoms with Crippen molar-refractivity contribution in [3.8, 4) is 0 Å². The van der Waals surface area contributed by atoms with Crippen molar-refractivity contribution in [2.45, 2.75) is 17.1 Å². The highest BCUT2D eigenvalue weighted by Crippen LogP contribution is 2.37. The zero-order valence-electron chi connectivity index (χ0n) is 10.6. The second kappa shape index (κ2) is 6.17. The summed E-state index contributed by atoms with van der Waals surface area (Å²) in [6, 6.07) is 11.5. The molecule has 0 radical (unpaired) electrons. The van der Waals surface area contributed by atoms with Crippen LogP contribution in [0, 0.1) is 18.6 Å². The lowest BCUT2D eigenvalue weighted by Gasteiger charge is -2.17. The van der Waals surface area contributed by atoms with Crippen LogP contribution in [0.15, 0.2) is 47.4 Å². The Morgan fingerprint density at radius 2 is 1.89 bits per heavy atom. The minimum Gasteiger partial charge on any atom is -0.329 e. The molecule has 1 atom stereocenters. The highest BCUT2D eigenvalue weighted by atomic mass is 32.2. The Balaban J connectivity index is 2.27. The van der Waals surface area contributed by atoms with Gasteiger partial charge < -0.3 is 5.73 Å². The van der Waals surface area contributed by atoms with Crippen molar-refractivity contribution in [3.63, 3.8) is 0 Å². The molecule has 0 bridgehead atoms. The van der Waals surface area contributed by atoms with E-state index < -0.39 is 11.6 Å². The second-order valence-electron chi connectivity index (χ2n) is 4.27. The first kappa shape index (κ1) is 14.0. The maximum atomic E-state index is 13.7. The van der Waals surface area contributed by atoms with Gasteiger partial charge in [-0.1, -0.05) is 24.3 Å². The predicted octanol–water partition coefficient (Wildman–Crippen LogP) is 4.07. The molecule has 0 aliphatic heterocycles. The third-order valence-corrected chi connectivity index (χ3v) is 4.23. The number of benzene rings is 2. The second-order valence-corrected chi connectivity index (χ2v) is 5.52. The molecule has 1 unspecified atom stereocenters. The number of thioether (sulfide) groups is 1. The summed E-state index contributed by atoms with van der Waals surface area (Å²) < 4.78 is 26.5. The normalized spacial score (nSPS) is 12.4. The minimum absolute atomic E-state index is 0.0406. The Kier molecular flexibility index (Phi) is 4.56. The van der Waals surface area contributed by atoms with Crippen molar-refractivity contribution < 1.29 is 8.78 Å². The lowest BCUT2D eigenvalue weighted by atomic mass is 10.1. The fourth-order valence-corrected chi connectivity index (χ4v) is 3.02. The van der Waals surface area contributed by atoms with Gasteiger partial charge in [-0.2, -0.15) is 0 Å². The SMILES string of the molecule is Cc1ccccc1C(CN)Sc1ccc(F)cc1F. The zero-order valence-corrected chi connectivity index (χ0v) is 11.4.